The molecule has 0 spiro atoms. The van der Waals surface area contributed by atoms with Crippen LogP contribution in [-0.2, 0) is 6.18 Å². The fraction of sp³-hybridized carbons (Fsp3) is 0.240. The normalized spacial score (nSPS) is 13.8. The largest absolute Gasteiger partial charge is 0.435 e. The predicted octanol–water partition coefficient (Wildman–Crippen LogP) is 7.75. The second-order valence-electron chi connectivity index (χ2n) is 8.48. The first-order valence-electron chi connectivity index (χ1n) is 11.3. The summed E-state index contributed by atoms with van der Waals surface area (Å²) < 4.78 is 101. The van der Waals surface area contributed by atoms with Gasteiger partial charge in [-0.3, -0.25) is 0 Å². The quantitative estimate of drug-likeness (QED) is 0.202. The highest BCUT2D eigenvalue weighted by Crippen LogP contribution is 2.42. The summed E-state index contributed by atoms with van der Waals surface area (Å²) in [7, 11) is 0. The predicted molar refractivity (Wildman–Crippen MR) is 125 cm³/mol. The van der Waals surface area contributed by atoms with Crippen LogP contribution in [0, 0.1) is 0 Å². The van der Waals surface area contributed by atoms with Crippen molar-refractivity contribution in [1.82, 2.24) is 19.7 Å². The molecule has 2 heterocycles. The molecule has 6 nitrogen and oxygen atoms in total. The van der Waals surface area contributed by atoms with Gasteiger partial charge in [0.05, 0.1) is 10.7 Å². The van der Waals surface area contributed by atoms with Crippen molar-refractivity contribution in [3.05, 3.63) is 71.0 Å². The molecular formula is C25H16ClF7N4O2. The number of rotatable bonds is 8. The van der Waals surface area contributed by atoms with Crippen LogP contribution in [0.25, 0.3) is 28.5 Å². The summed E-state index contributed by atoms with van der Waals surface area (Å²) in [6.45, 7) is -6.10. The minimum atomic E-state index is -4.77. The molecule has 0 atom stereocenters. The number of hydrogen-bond donors (Lipinski definition) is 0. The maximum Gasteiger partial charge on any atom is 0.433 e. The Morgan fingerprint density at radius 2 is 1.36 bits per heavy atom. The lowest BCUT2D eigenvalue weighted by molar-refractivity contribution is -0.141. The third-order valence-electron chi connectivity index (χ3n) is 5.74. The Balaban J connectivity index is 1.67. The van der Waals surface area contributed by atoms with Gasteiger partial charge >= 0.3 is 19.4 Å². The van der Waals surface area contributed by atoms with E-state index in [0.29, 0.717) is 18.4 Å². The number of aromatic nitrogens is 4. The number of hydrogen-bond acceptors (Lipinski definition) is 5. The van der Waals surface area contributed by atoms with E-state index in [4.69, 9.17) is 11.6 Å². The second-order valence-corrected chi connectivity index (χ2v) is 8.86. The summed E-state index contributed by atoms with van der Waals surface area (Å²) >= 11 is 6.68. The average molecular weight is 573 g/mol. The molecule has 0 saturated heterocycles. The van der Waals surface area contributed by atoms with Crippen molar-refractivity contribution in [3.63, 3.8) is 0 Å². The lowest BCUT2D eigenvalue weighted by atomic mass is 10.1. The van der Waals surface area contributed by atoms with Gasteiger partial charge in [0.1, 0.15) is 22.9 Å². The van der Waals surface area contributed by atoms with Gasteiger partial charge in [-0.1, -0.05) is 11.6 Å². The summed E-state index contributed by atoms with van der Waals surface area (Å²) in [4.78, 5) is 8.02. The van der Waals surface area contributed by atoms with Crippen LogP contribution in [0.1, 0.15) is 30.1 Å². The van der Waals surface area contributed by atoms with Gasteiger partial charge < -0.3 is 9.47 Å². The molecule has 1 saturated carbocycles. The molecule has 4 aromatic rings. The zero-order valence-corrected chi connectivity index (χ0v) is 20.2. The van der Waals surface area contributed by atoms with E-state index in [1.54, 1.807) is 0 Å². The van der Waals surface area contributed by atoms with Crippen LogP contribution in [0.2, 0.25) is 5.02 Å². The minimum absolute atomic E-state index is 0.0333. The molecule has 204 valence electrons. The van der Waals surface area contributed by atoms with E-state index in [0.717, 1.165) is 10.7 Å². The van der Waals surface area contributed by atoms with E-state index in [1.807, 2.05) is 0 Å². The molecule has 0 amide bonds. The van der Waals surface area contributed by atoms with E-state index in [1.165, 1.54) is 48.5 Å². The highest BCUT2D eigenvalue weighted by Gasteiger charge is 2.37. The zero-order chi connectivity index (χ0) is 27.9. The van der Waals surface area contributed by atoms with Gasteiger partial charge in [-0.05, 0) is 67.4 Å². The Labute approximate surface area is 221 Å². The summed E-state index contributed by atoms with van der Waals surface area (Å²) in [5, 5.41) is 4.35. The van der Waals surface area contributed by atoms with Crippen LogP contribution in [0.3, 0.4) is 0 Å². The summed E-state index contributed by atoms with van der Waals surface area (Å²) in [6.07, 6.45) is -3.43. The van der Waals surface area contributed by atoms with Gasteiger partial charge in [-0.25, -0.2) is 9.97 Å². The lowest BCUT2D eigenvalue weighted by Crippen LogP contribution is -2.15. The van der Waals surface area contributed by atoms with Crippen molar-refractivity contribution in [1.29, 1.82) is 0 Å². The van der Waals surface area contributed by atoms with Gasteiger partial charge in [0, 0.05) is 22.7 Å². The highest BCUT2D eigenvalue weighted by atomic mass is 35.5. The SMILES string of the molecule is FC(F)Oc1ccc(-c2nn(-c3nc(C4CC4)cc(C(F)(F)F)n3)c(-c3ccc(OC(F)F)cc3)c2Cl)cc1. The molecule has 2 aromatic carbocycles. The number of benzene rings is 2. The fourth-order valence-corrected chi connectivity index (χ4v) is 4.18. The van der Waals surface area contributed by atoms with Crippen molar-refractivity contribution < 1.29 is 40.2 Å². The van der Waals surface area contributed by atoms with Crippen molar-refractivity contribution in [3.8, 4) is 40.0 Å². The standard InChI is InChI=1S/C25H16ClF7N4O2/c26-19-20(13-3-7-15(8-4-13)38-22(27)28)36-37(21(19)14-5-9-16(10-6-14)39-23(29)30)24-34-17(12-1-2-12)11-18(35-24)25(31,32)33/h3-12,22-23H,1-2H2. The molecule has 5 rings (SSSR count). The van der Waals surface area contributed by atoms with Crippen molar-refractivity contribution in [2.75, 3.05) is 0 Å². The van der Waals surface area contributed by atoms with Crippen molar-refractivity contribution >= 4 is 11.6 Å². The van der Waals surface area contributed by atoms with E-state index >= 15 is 0 Å². The van der Waals surface area contributed by atoms with Gasteiger partial charge in [-0.15, -0.1) is 0 Å². The Morgan fingerprint density at radius 1 is 0.821 bits per heavy atom. The van der Waals surface area contributed by atoms with Crippen LogP contribution < -0.4 is 9.47 Å². The van der Waals surface area contributed by atoms with Crippen LogP contribution >= 0.6 is 11.6 Å². The number of ether oxygens (including phenoxy) is 2. The Morgan fingerprint density at radius 3 is 1.85 bits per heavy atom. The molecule has 1 aliphatic carbocycles. The van der Waals surface area contributed by atoms with Crippen molar-refractivity contribution in [2.45, 2.75) is 38.2 Å². The zero-order valence-electron chi connectivity index (χ0n) is 19.5. The Hall–Kier alpha value is -3.87. The van der Waals surface area contributed by atoms with Gasteiger partial charge in [0.25, 0.3) is 5.95 Å². The molecular weight excluding hydrogens is 557 g/mol. The molecule has 1 aliphatic rings. The second kappa shape index (κ2) is 10.4. The molecule has 1 fully saturated rings. The molecule has 0 N–H and O–H groups in total. The topological polar surface area (TPSA) is 62.1 Å². The first-order chi connectivity index (χ1) is 18.5. The van der Waals surface area contributed by atoms with Gasteiger partial charge in [0.15, 0.2) is 0 Å². The lowest BCUT2D eigenvalue weighted by Gasteiger charge is -2.12. The van der Waals surface area contributed by atoms with Crippen LogP contribution in [0.4, 0.5) is 30.7 Å². The smallest absolute Gasteiger partial charge is 0.433 e. The third kappa shape index (κ3) is 5.92. The first-order valence-corrected chi connectivity index (χ1v) is 11.7. The maximum absolute atomic E-state index is 13.7. The molecule has 39 heavy (non-hydrogen) atoms. The minimum Gasteiger partial charge on any atom is -0.435 e. The van der Waals surface area contributed by atoms with Gasteiger partial charge in [-0.2, -0.15) is 40.5 Å². The molecule has 14 heteroatoms. The van der Waals surface area contributed by atoms with Crippen LogP contribution in [0.15, 0.2) is 54.6 Å². The van der Waals surface area contributed by atoms with E-state index in [-0.39, 0.29) is 45.1 Å². The number of halogens is 8. The first kappa shape index (κ1) is 26.7. The van der Waals surface area contributed by atoms with Crippen molar-refractivity contribution in [2.24, 2.45) is 0 Å². The number of alkyl halides is 7. The van der Waals surface area contributed by atoms with Crippen LogP contribution in [0.5, 0.6) is 11.5 Å². The van der Waals surface area contributed by atoms with Crippen LogP contribution in [-0.4, -0.2) is 33.0 Å². The van der Waals surface area contributed by atoms with E-state index in [2.05, 4.69) is 24.5 Å². The van der Waals surface area contributed by atoms with Gasteiger partial charge in [0.2, 0.25) is 0 Å². The highest BCUT2D eigenvalue weighted by molar-refractivity contribution is 6.35. The Bertz CT molecular complexity index is 1470. The monoisotopic (exact) mass is 572 g/mol. The molecule has 0 unspecified atom stereocenters. The molecule has 2 aromatic heterocycles. The third-order valence-corrected chi connectivity index (χ3v) is 6.10. The Kier molecular flexibility index (Phi) is 7.10. The van der Waals surface area contributed by atoms with E-state index in [9.17, 15) is 30.7 Å². The molecule has 0 aliphatic heterocycles. The fourth-order valence-electron chi connectivity index (χ4n) is 3.85. The number of nitrogens with zero attached hydrogens (tertiary/aromatic N) is 4. The molecule has 0 radical (unpaired) electrons. The summed E-state index contributed by atoms with van der Waals surface area (Å²) in [5.74, 6) is -0.845. The van der Waals surface area contributed by atoms with E-state index < -0.39 is 31.0 Å². The average Bonchev–Trinajstić information content (AvgIpc) is 3.67. The maximum atomic E-state index is 13.7. The molecule has 0 bridgehead atoms. The summed E-state index contributed by atoms with van der Waals surface area (Å²) in [6, 6.07) is 11.4. The summed E-state index contributed by atoms with van der Waals surface area (Å²) in [5.41, 5.74) is -0.203.